The molecule has 0 saturated carbocycles. The van der Waals surface area contributed by atoms with Gasteiger partial charge in [-0.25, -0.2) is 0 Å². The van der Waals surface area contributed by atoms with Crippen LogP contribution < -0.4 is 9.80 Å². The minimum atomic E-state index is -0.206. The van der Waals surface area contributed by atoms with E-state index >= 15 is 0 Å². The molecule has 9 aromatic carbocycles. The van der Waals surface area contributed by atoms with Crippen molar-refractivity contribution in [3.8, 4) is 10.4 Å². The Morgan fingerprint density at radius 2 is 0.875 bits per heavy atom. The molecular formula is C65H44N2O3S2. The van der Waals surface area contributed by atoms with E-state index in [1.807, 2.05) is 72.8 Å². The largest absolute Gasteiger partial charge is 0.302 e. The van der Waals surface area contributed by atoms with Crippen LogP contribution in [0, 0.1) is 0 Å². The first-order valence-electron chi connectivity index (χ1n) is 23.6. The van der Waals surface area contributed by atoms with Gasteiger partial charge in [0, 0.05) is 49.2 Å². The summed E-state index contributed by atoms with van der Waals surface area (Å²) in [7, 11) is 0. The van der Waals surface area contributed by atoms with Crippen molar-refractivity contribution in [2.24, 2.45) is 0 Å². The minimum absolute atomic E-state index is 0.00925. The molecule has 0 amide bonds. The van der Waals surface area contributed by atoms with Crippen LogP contribution >= 0.6 is 22.7 Å². The highest BCUT2D eigenvalue weighted by Crippen LogP contribution is 2.43. The van der Waals surface area contributed by atoms with E-state index < -0.39 is 0 Å². The van der Waals surface area contributed by atoms with Gasteiger partial charge in [0.1, 0.15) is 10.0 Å². The van der Waals surface area contributed by atoms with Crippen molar-refractivity contribution in [1.82, 2.24) is 0 Å². The van der Waals surface area contributed by atoms with Crippen molar-refractivity contribution >= 4 is 106 Å². The van der Waals surface area contributed by atoms with Gasteiger partial charge in [0.2, 0.25) is 0 Å². The molecule has 1 aliphatic rings. The van der Waals surface area contributed by atoms with Crippen LogP contribution in [0.25, 0.3) is 44.1 Å². The summed E-state index contributed by atoms with van der Waals surface area (Å²) in [4.78, 5) is 44.7. The topological polar surface area (TPSA) is 57.7 Å². The number of nitrogens with zero attached hydrogens (tertiary/aromatic N) is 2. The van der Waals surface area contributed by atoms with Crippen molar-refractivity contribution in [1.29, 1.82) is 0 Å². The van der Waals surface area contributed by atoms with Crippen LogP contribution in [0.4, 0.5) is 32.8 Å². The summed E-state index contributed by atoms with van der Waals surface area (Å²) in [5.74, 6) is -0.403. The monoisotopic (exact) mass is 964 g/mol. The van der Waals surface area contributed by atoms with E-state index in [0.717, 1.165) is 53.6 Å². The maximum Gasteiger partial charge on any atom is 0.197 e. The molecule has 11 aromatic rings. The summed E-state index contributed by atoms with van der Waals surface area (Å²) in [5, 5.41) is 7.05. The highest BCUT2D eigenvalue weighted by atomic mass is 32.1. The van der Waals surface area contributed by atoms with Gasteiger partial charge in [-0.1, -0.05) is 176 Å². The molecular weight excluding hydrogens is 921 g/mol. The second-order valence-corrected chi connectivity index (χ2v) is 19.3. The van der Waals surface area contributed by atoms with Crippen LogP contribution in [-0.2, 0) is 0 Å². The number of para-hydroxylation sites is 2. The third-order valence-corrected chi connectivity index (χ3v) is 14.7. The maximum absolute atomic E-state index is 12.8. The van der Waals surface area contributed by atoms with Crippen molar-refractivity contribution in [2.75, 3.05) is 9.80 Å². The fraction of sp³-hybridized carbons (Fsp3) is 0. The molecule has 2 heterocycles. The highest BCUT2D eigenvalue weighted by Gasteiger charge is 2.32. The molecule has 0 radical (unpaired) electrons. The minimum Gasteiger partial charge on any atom is -0.302 e. The summed E-state index contributed by atoms with van der Waals surface area (Å²) in [6.07, 6.45) is 5.24. The van der Waals surface area contributed by atoms with E-state index in [9.17, 15) is 14.4 Å². The maximum atomic E-state index is 12.8. The van der Waals surface area contributed by atoms with Crippen LogP contribution in [0.3, 0.4) is 0 Å². The molecule has 0 aliphatic heterocycles. The van der Waals surface area contributed by atoms with E-state index in [0.29, 0.717) is 16.7 Å². The zero-order valence-corrected chi connectivity index (χ0v) is 40.5. The number of benzene rings is 9. The molecule has 0 atom stereocenters. The molecule has 0 N–H and O–H groups in total. The van der Waals surface area contributed by atoms with Gasteiger partial charge < -0.3 is 9.80 Å². The van der Waals surface area contributed by atoms with Gasteiger partial charge in [-0.3, -0.25) is 14.4 Å². The number of hydrogen-bond acceptors (Lipinski definition) is 7. The van der Waals surface area contributed by atoms with E-state index in [1.165, 1.54) is 21.5 Å². The van der Waals surface area contributed by atoms with Crippen molar-refractivity contribution in [2.45, 2.75) is 0 Å². The molecule has 0 saturated heterocycles. The van der Waals surface area contributed by atoms with Crippen LogP contribution in [0.2, 0.25) is 0 Å². The van der Waals surface area contributed by atoms with Gasteiger partial charge in [0.25, 0.3) is 0 Å². The molecule has 7 heteroatoms. The molecule has 5 nitrogen and oxygen atoms in total. The average Bonchev–Trinajstić information content (AvgIpc) is 4.18. The molecule has 72 heavy (non-hydrogen) atoms. The van der Waals surface area contributed by atoms with Crippen LogP contribution in [0.15, 0.2) is 260 Å². The lowest BCUT2D eigenvalue weighted by Crippen LogP contribution is -2.07. The van der Waals surface area contributed by atoms with Gasteiger partial charge in [-0.2, -0.15) is 0 Å². The first kappa shape index (κ1) is 45.4. The summed E-state index contributed by atoms with van der Waals surface area (Å²) in [6, 6.07) is 83.5. The lowest BCUT2D eigenvalue weighted by Gasteiger charge is -2.24. The zero-order valence-electron chi connectivity index (χ0n) is 38.8. The Hall–Kier alpha value is -9.01. The van der Waals surface area contributed by atoms with Crippen molar-refractivity contribution in [3.63, 3.8) is 0 Å². The number of rotatable bonds is 11. The van der Waals surface area contributed by atoms with Gasteiger partial charge >= 0.3 is 0 Å². The van der Waals surface area contributed by atoms with Crippen LogP contribution in [0.5, 0.6) is 0 Å². The van der Waals surface area contributed by atoms with E-state index in [2.05, 4.69) is 168 Å². The first-order chi connectivity index (χ1) is 35.4. The predicted octanol–water partition coefficient (Wildman–Crippen LogP) is 17.8. The lowest BCUT2D eigenvalue weighted by molar-refractivity contribution is 0.0988. The Bertz CT molecular complexity index is 3780. The lowest BCUT2D eigenvalue weighted by atomic mass is 10.0. The smallest absolute Gasteiger partial charge is 0.197 e. The summed E-state index contributed by atoms with van der Waals surface area (Å²) in [5.41, 5.74) is 8.19. The average molecular weight is 965 g/mol. The number of hydrogen-bond donors (Lipinski definition) is 0. The fourth-order valence-electron chi connectivity index (χ4n) is 8.92. The molecule has 0 unspecified atom stereocenters. The van der Waals surface area contributed by atoms with Gasteiger partial charge in [0.05, 0.1) is 5.57 Å². The Balaban J connectivity index is 0.000000160. The Morgan fingerprint density at radius 1 is 0.403 bits per heavy atom. The number of thiophene rings is 2. The highest BCUT2D eigenvalue weighted by molar-refractivity contribution is 7.19. The molecule has 344 valence electrons. The summed E-state index contributed by atoms with van der Waals surface area (Å²) >= 11 is 3.38. The zero-order chi connectivity index (χ0) is 48.8. The number of ketones is 3. The van der Waals surface area contributed by atoms with Gasteiger partial charge in [-0.15, -0.1) is 22.7 Å². The van der Waals surface area contributed by atoms with Crippen molar-refractivity contribution in [3.05, 3.63) is 288 Å². The SMILES string of the molecule is O=C(/C=C/c1ccc(N(c2ccccc2)c2ccc3ccccc3c2)s1)c1ccccc1.O=C1C(=Cc2ccc(-c3ccc(N(c4ccccc4)c4ccc5ccccc5c4)s3)cc2)C(=O)c2ccccc21. The van der Waals surface area contributed by atoms with E-state index in [4.69, 9.17) is 0 Å². The summed E-state index contributed by atoms with van der Waals surface area (Å²) < 4.78 is 0. The third kappa shape index (κ3) is 9.63. The van der Waals surface area contributed by atoms with E-state index in [1.54, 1.807) is 59.1 Å². The number of carbonyl (C=O) groups is 3. The fourth-order valence-corrected chi connectivity index (χ4v) is 10.9. The first-order valence-corrected chi connectivity index (χ1v) is 25.2. The molecule has 12 rings (SSSR count). The number of Topliss-reactive ketones (excluding diaryl/α,β-unsaturated/α-hetero) is 2. The molecule has 2 aromatic heterocycles. The van der Waals surface area contributed by atoms with Crippen molar-refractivity contribution < 1.29 is 14.4 Å². The molecule has 1 aliphatic carbocycles. The normalized spacial score (nSPS) is 11.9. The van der Waals surface area contributed by atoms with Crippen LogP contribution in [-0.4, -0.2) is 17.3 Å². The third-order valence-electron chi connectivity index (χ3n) is 12.5. The van der Waals surface area contributed by atoms with Gasteiger partial charge in [-0.05, 0) is 124 Å². The number of carbonyl (C=O) groups excluding carboxylic acids is 3. The molecule has 0 spiro atoms. The Labute approximate surface area is 426 Å². The Kier molecular flexibility index (Phi) is 13.0. The molecule has 0 fully saturated rings. The predicted molar refractivity (Wildman–Crippen MR) is 301 cm³/mol. The van der Waals surface area contributed by atoms with Crippen LogP contribution in [0.1, 0.15) is 41.5 Å². The second kappa shape index (κ2) is 20.5. The number of allylic oxidation sites excluding steroid dienone is 2. The standard InChI is InChI=1S/C36H23NO2S.C29H21NOS/c38-35-30-12-6-7-13-31(30)36(39)32(35)22-24-14-16-26(17-15-24)33-20-21-34(40-33)37(28-10-2-1-3-11-28)29-19-18-25-8-4-5-9-27(25)23-29;31-28(23-10-3-1-4-11-23)19-17-27-18-20-29(32-27)30(25-13-5-2-6-14-25)26-16-15-22-9-7-8-12-24(22)21-26/h1-23H;1-21H/b;19-17+. The second-order valence-electron chi connectivity index (χ2n) is 17.2. The summed E-state index contributed by atoms with van der Waals surface area (Å²) in [6.45, 7) is 0. The van der Waals surface area contributed by atoms with Gasteiger partial charge in [0.15, 0.2) is 17.3 Å². The quantitative estimate of drug-likeness (QED) is 0.0734. The number of fused-ring (bicyclic) bond motifs is 3. The van der Waals surface area contributed by atoms with E-state index in [-0.39, 0.29) is 22.9 Å². The Morgan fingerprint density at radius 3 is 1.43 bits per heavy atom. The molecule has 0 bridgehead atoms. The number of anilines is 6.